The van der Waals surface area contributed by atoms with Crippen LogP contribution in [0.4, 0.5) is 15.3 Å². The van der Waals surface area contributed by atoms with Crippen LogP contribution in [0, 0.1) is 13.8 Å². The molecule has 3 saturated heterocycles. The average Bonchev–Trinajstić information content (AvgIpc) is 3.37. The fourth-order valence-corrected chi connectivity index (χ4v) is 8.31. The molecule has 308 valence electrons. The van der Waals surface area contributed by atoms with Crippen molar-refractivity contribution in [3.05, 3.63) is 70.8 Å². The number of phenols is 1. The van der Waals surface area contributed by atoms with Crippen LogP contribution >= 0.6 is 0 Å². The van der Waals surface area contributed by atoms with Crippen LogP contribution in [0.25, 0.3) is 0 Å². The van der Waals surface area contributed by atoms with Crippen molar-refractivity contribution in [2.24, 2.45) is 0 Å². The lowest BCUT2D eigenvalue weighted by atomic mass is 10.00. The minimum absolute atomic E-state index is 0.0196. The third kappa shape index (κ3) is 10.6. The number of anilines is 1. The van der Waals surface area contributed by atoms with E-state index in [4.69, 9.17) is 14.2 Å². The van der Waals surface area contributed by atoms with Crippen LogP contribution in [0.2, 0.25) is 0 Å². The monoisotopic (exact) mass is 788 g/mol. The number of nitrogens with one attached hydrogen (secondary N) is 1. The Bertz CT molecular complexity index is 1790. The number of phenolic OH excluding ortho intramolecular Hbond substituents is 1. The number of aromatic hydroxyl groups is 1. The highest BCUT2D eigenvalue weighted by atomic mass is 16.7. The molecule has 57 heavy (non-hydrogen) atoms. The molecule has 4 aliphatic rings. The number of piperazine rings is 1. The van der Waals surface area contributed by atoms with Crippen molar-refractivity contribution in [2.75, 3.05) is 77.6 Å². The molecule has 6 rings (SSSR count). The average molecular weight is 789 g/mol. The third-order valence-electron chi connectivity index (χ3n) is 11.6. The van der Waals surface area contributed by atoms with Crippen LogP contribution in [-0.2, 0) is 41.4 Å². The lowest BCUT2D eigenvalue weighted by Gasteiger charge is -2.43. The number of rotatable bonds is 11. The Morgan fingerprint density at radius 3 is 2.18 bits per heavy atom. The van der Waals surface area contributed by atoms with Crippen LogP contribution in [0.15, 0.2) is 48.6 Å². The van der Waals surface area contributed by atoms with E-state index in [9.17, 15) is 29.1 Å². The zero-order chi connectivity index (χ0) is 40.6. The summed E-state index contributed by atoms with van der Waals surface area (Å²) in [5.74, 6) is -1.11. The number of fused-ring (bicyclic) bond motifs is 1. The molecule has 2 N–H and O–H groups in total. The number of hydrogen-bond acceptors (Lipinski definition) is 11. The predicted octanol–water partition coefficient (Wildman–Crippen LogP) is 3.84. The normalized spacial score (nSPS) is 19.2. The van der Waals surface area contributed by atoms with Gasteiger partial charge in [-0.05, 0) is 81.2 Å². The number of aryl methyl sites for hydroxylation is 2. The van der Waals surface area contributed by atoms with E-state index in [1.54, 1.807) is 9.80 Å². The summed E-state index contributed by atoms with van der Waals surface area (Å²) in [6, 6.07) is 11.6. The molecular formula is C42H56N6O9. The summed E-state index contributed by atoms with van der Waals surface area (Å²) in [5.41, 5.74) is 4.34. The molecule has 2 aromatic carbocycles. The van der Waals surface area contributed by atoms with Crippen molar-refractivity contribution in [1.29, 1.82) is 0 Å². The summed E-state index contributed by atoms with van der Waals surface area (Å²) < 4.78 is 16.0. The standard InChI is InChI=1S/C42H56N6O9/c1-28(2)40(52)56-27-55-37(49)26-44-14-10-33(11-15-44)45-19-21-46(22-20-45)39(51)36(25-31-23-29(3)38(50)30(4)24-31)57-42(54)47-16-12-34(13-17-47)48-18-9-32-7-5-6-8-35(32)43-41(48)53/h5-8,23-24,33-34,36,50H,1,9-22,25-27H2,2-4H3,(H,43,53)/t36-/m1/s1. The molecule has 0 bridgehead atoms. The molecule has 4 aliphatic heterocycles. The molecule has 0 aliphatic carbocycles. The van der Waals surface area contributed by atoms with Crippen molar-refractivity contribution >= 4 is 35.7 Å². The van der Waals surface area contributed by atoms with Gasteiger partial charge in [0.15, 0.2) is 6.10 Å². The molecule has 0 spiro atoms. The van der Waals surface area contributed by atoms with Gasteiger partial charge in [0.1, 0.15) is 5.75 Å². The van der Waals surface area contributed by atoms with Gasteiger partial charge in [-0.25, -0.2) is 14.4 Å². The molecule has 2 aromatic rings. The van der Waals surface area contributed by atoms with Crippen molar-refractivity contribution in [2.45, 2.75) is 77.5 Å². The van der Waals surface area contributed by atoms with E-state index in [1.165, 1.54) is 6.92 Å². The van der Waals surface area contributed by atoms with Gasteiger partial charge >= 0.3 is 24.1 Å². The Morgan fingerprint density at radius 1 is 0.860 bits per heavy atom. The van der Waals surface area contributed by atoms with Gasteiger partial charge in [0.25, 0.3) is 5.91 Å². The molecule has 1 atom stereocenters. The van der Waals surface area contributed by atoms with Crippen LogP contribution in [0.1, 0.15) is 54.9 Å². The Hall–Kier alpha value is -5.15. The molecule has 4 heterocycles. The molecule has 15 heteroatoms. The number of carbonyl (C=O) groups is 5. The number of carbonyl (C=O) groups excluding carboxylic acids is 5. The van der Waals surface area contributed by atoms with E-state index in [0.29, 0.717) is 88.9 Å². The summed E-state index contributed by atoms with van der Waals surface area (Å²) in [4.78, 5) is 74.5. The molecular weight excluding hydrogens is 732 g/mol. The van der Waals surface area contributed by atoms with E-state index in [2.05, 4.69) is 16.8 Å². The molecule has 3 fully saturated rings. The second-order valence-corrected chi connectivity index (χ2v) is 15.6. The van der Waals surface area contributed by atoms with Crippen molar-refractivity contribution < 1.29 is 43.3 Å². The number of hydrogen-bond donors (Lipinski definition) is 2. The maximum Gasteiger partial charge on any atom is 0.410 e. The van der Waals surface area contributed by atoms with E-state index >= 15 is 0 Å². The molecule has 0 unspecified atom stereocenters. The van der Waals surface area contributed by atoms with E-state index in [-0.39, 0.29) is 42.3 Å². The lowest BCUT2D eigenvalue weighted by molar-refractivity contribution is -0.165. The number of para-hydroxylation sites is 1. The maximum atomic E-state index is 14.2. The van der Waals surface area contributed by atoms with Gasteiger partial charge in [-0.1, -0.05) is 36.9 Å². The maximum absolute atomic E-state index is 14.2. The first kappa shape index (κ1) is 41.5. The molecule has 0 aromatic heterocycles. The number of ether oxygens (including phenoxy) is 3. The zero-order valence-corrected chi connectivity index (χ0v) is 33.4. The van der Waals surface area contributed by atoms with Crippen molar-refractivity contribution in [3.8, 4) is 5.75 Å². The number of amides is 4. The minimum atomic E-state index is -1.05. The van der Waals surface area contributed by atoms with Crippen molar-refractivity contribution in [1.82, 2.24) is 24.5 Å². The number of benzene rings is 2. The first-order valence-corrected chi connectivity index (χ1v) is 20.0. The summed E-state index contributed by atoms with van der Waals surface area (Å²) >= 11 is 0. The summed E-state index contributed by atoms with van der Waals surface area (Å²) in [6.45, 7) is 13.5. The highest BCUT2D eigenvalue weighted by molar-refractivity contribution is 5.91. The second kappa shape index (κ2) is 18.9. The molecule has 4 amide bonds. The number of nitrogens with zero attached hydrogens (tertiary/aromatic N) is 5. The smallest absolute Gasteiger partial charge is 0.410 e. The highest BCUT2D eigenvalue weighted by Crippen LogP contribution is 2.27. The summed E-state index contributed by atoms with van der Waals surface area (Å²) in [7, 11) is 0. The van der Waals surface area contributed by atoms with E-state index in [0.717, 1.165) is 36.1 Å². The summed E-state index contributed by atoms with van der Waals surface area (Å²) in [5, 5.41) is 13.4. The lowest BCUT2D eigenvalue weighted by Crippen LogP contribution is -2.57. The number of esters is 2. The largest absolute Gasteiger partial charge is 0.507 e. The van der Waals surface area contributed by atoms with Crippen LogP contribution in [0.3, 0.4) is 0 Å². The van der Waals surface area contributed by atoms with Crippen LogP contribution in [0.5, 0.6) is 5.75 Å². The Kier molecular flexibility index (Phi) is 13.7. The SMILES string of the molecule is C=C(C)C(=O)OCOC(=O)CN1CCC(N2CCN(C(=O)[C@@H](Cc3cc(C)c(O)c(C)c3)OC(=O)N3CCC(N4CCc5ccccc5NC4=O)CC3)CC2)CC1. The molecule has 0 saturated carbocycles. The first-order valence-electron chi connectivity index (χ1n) is 20.0. The zero-order valence-electron chi connectivity index (χ0n) is 33.4. The van der Waals surface area contributed by atoms with Gasteiger partial charge in [-0.2, -0.15) is 0 Å². The second-order valence-electron chi connectivity index (χ2n) is 15.6. The fraction of sp³-hybridized carbons (Fsp3) is 0.548. The van der Waals surface area contributed by atoms with Crippen LogP contribution in [-0.4, -0.2) is 150 Å². The highest BCUT2D eigenvalue weighted by Gasteiger charge is 2.36. The van der Waals surface area contributed by atoms with Gasteiger partial charge in [0, 0.05) is 88.7 Å². The topological polar surface area (TPSA) is 162 Å². The Morgan fingerprint density at radius 2 is 1.51 bits per heavy atom. The third-order valence-corrected chi connectivity index (χ3v) is 11.6. The first-order chi connectivity index (χ1) is 27.4. The fourth-order valence-electron chi connectivity index (χ4n) is 8.31. The Labute approximate surface area is 334 Å². The summed E-state index contributed by atoms with van der Waals surface area (Å²) in [6.07, 6.45) is 2.26. The van der Waals surface area contributed by atoms with Gasteiger partial charge in [0.2, 0.25) is 6.79 Å². The Balaban J connectivity index is 1.00. The number of piperidine rings is 2. The molecule has 0 radical (unpaired) electrons. The van der Waals surface area contributed by atoms with Crippen LogP contribution < -0.4 is 5.32 Å². The quantitative estimate of drug-likeness (QED) is 0.194. The van der Waals surface area contributed by atoms with Gasteiger partial charge in [-0.15, -0.1) is 0 Å². The van der Waals surface area contributed by atoms with E-state index < -0.39 is 30.9 Å². The van der Waals surface area contributed by atoms with Gasteiger partial charge in [-0.3, -0.25) is 19.4 Å². The van der Waals surface area contributed by atoms with Gasteiger partial charge in [0.05, 0.1) is 6.54 Å². The number of likely N-dealkylation sites (tertiary alicyclic amines) is 2. The number of urea groups is 1. The van der Waals surface area contributed by atoms with Crippen molar-refractivity contribution in [3.63, 3.8) is 0 Å². The predicted molar refractivity (Wildman–Crippen MR) is 211 cm³/mol. The minimum Gasteiger partial charge on any atom is -0.507 e. The molecule has 15 nitrogen and oxygen atoms in total. The van der Waals surface area contributed by atoms with E-state index in [1.807, 2.05) is 60.0 Å². The van der Waals surface area contributed by atoms with Gasteiger partial charge < -0.3 is 39.3 Å².